The largest absolute Gasteiger partial charge is 0.386 e. The highest BCUT2D eigenvalue weighted by Crippen LogP contribution is 2.49. The highest BCUT2D eigenvalue weighted by molar-refractivity contribution is 8.02. The van der Waals surface area contributed by atoms with E-state index in [0.717, 1.165) is 34.6 Å². The van der Waals surface area contributed by atoms with Gasteiger partial charge in [0.2, 0.25) is 0 Å². The first kappa shape index (κ1) is 25.9. The maximum atomic E-state index is 7.83. The molecule has 2 N–H and O–H groups in total. The van der Waals surface area contributed by atoms with Gasteiger partial charge in [0.05, 0.1) is 28.8 Å². The van der Waals surface area contributed by atoms with Crippen molar-refractivity contribution in [3.63, 3.8) is 0 Å². The van der Waals surface area contributed by atoms with Gasteiger partial charge in [0, 0.05) is 35.4 Å². The molecule has 0 amide bonds. The second kappa shape index (κ2) is 12.2. The summed E-state index contributed by atoms with van der Waals surface area (Å²) in [6.07, 6.45) is 9.94. The summed E-state index contributed by atoms with van der Waals surface area (Å²) in [6, 6.07) is 11.1. The number of pyridine rings is 1. The zero-order valence-corrected chi connectivity index (χ0v) is 23.0. The van der Waals surface area contributed by atoms with Gasteiger partial charge in [-0.25, -0.2) is 4.98 Å². The maximum Gasteiger partial charge on any atom is 0.127 e. The molecule has 1 aliphatic carbocycles. The summed E-state index contributed by atoms with van der Waals surface area (Å²) in [5.74, 6) is 0.522. The quantitative estimate of drug-likeness (QED) is 0.300. The minimum Gasteiger partial charge on any atom is -0.386 e. The predicted octanol–water partition coefficient (Wildman–Crippen LogP) is 8.62. The van der Waals surface area contributed by atoms with Gasteiger partial charge in [-0.3, -0.25) is 0 Å². The van der Waals surface area contributed by atoms with Gasteiger partial charge in [-0.15, -0.1) is 23.1 Å². The van der Waals surface area contributed by atoms with Crippen molar-refractivity contribution < 1.29 is 4.74 Å². The van der Waals surface area contributed by atoms with Crippen LogP contribution in [-0.2, 0) is 4.74 Å². The Morgan fingerprint density at radius 1 is 1.20 bits per heavy atom. The van der Waals surface area contributed by atoms with Crippen molar-refractivity contribution in [2.45, 2.75) is 68.3 Å². The highest BCUT2D eigenvalue weighted by atomic mass is 32.2. The highest BCUT2D eigenvalue weighted by Gasteiger charge is 2.25. The number of anilines is 1. The fraction of sp³-hybridized carbons (Fsp3) is 0.448. The number of aromatic nitrogens is 1. The van der Waals surface area contributed by atoms with Crippen LogP contribution in [0.4, 0.5) is 5.69 Å². The molecule has 3 aromatic rings. The fourth-order valence-corrected chi connectivity index (χ4v) is 7.04. The first-order valence-corrected chi connectivity index (χ1v) is 14.5. The van der Waals surface area contributed by atoms with Crippen LogP contribution < -0.4 is 5.32 Å². The third-order valence-corrected chi connectivity index (χ3v) is 9.44. The van der Waals surface area contributed by atoms with Gasteiger partial charge in [-0.1, -0.05) is 63.5 Å². The number of benzene rings is 1. The molecule has 1 aliphatic heterocycles. The Kier molecular flexibility index (Phi) is 9.04. The van der Waals surface area contributed by atoms with Gasteiger partial charge in [-0.05, 0) is 42.5 Å². The number of thioether (sulfide) groups is 1. The van der Waals surface area contributed by atoms with Crippen molar-refractivity contribution >= 4 is 50.8 Å². The van der Waals surface area contributed by atoms with Crippen molar-refractivity contribution in [2.24, 2.45) is 0 Å². The average molecular weight is 508 g/mol. The van der Waals surface area contributed by atoms with Gasteiger partial charge in [0.1, 0.15) is 4.83 Å². The van der Waals surface area contributed by atoms with E-state index in [1.165, 1.54) is 70.3 Å². The zero-order chi connectivity index (χ0) is 24.8. The van der Waals surface area contributed by atoms with Crippen molar-refractivity contribution in [3.8, 4) is 11.1 Å². The van der Waals surface area contributed by atoms with E-state index in [-0.39, 0.29) is 0 Å². The lowest BCUT2D eigenvalue weighted by Crippen LogP contribution is -2.24. The normalized spacial score (nSPS) is 16.3. The number of nitrogens with zero attached hydrogens (tertiary/aromatic N) is 1. The molecule has 35 heavy (non-hydrogen) atoms. The molecule has 0 bridgehead atoms. The van der Waals surface area contributed by atoms with E-state index in [1.807, 2.05) is 31.8 Å². The summed E-state index contributed by atoms with van der Waals surface area (Å²) in [6.45, 7) is 7.97. The van der Waals surface area contributed by atoms with Gasteiger partial charge < -0.3 is 15.5 Å². The van der Waals surface area contributed by atoms with E-state index in [1.54, 1.807) is 11.3 Å². The molecule has 2 aromatic heterocycles. The van der Waals surface area contributed by atoms with Crippen LogP contribution in [0.15, 0.2) is 40.6 Å². The Hall–Kier alpha value is -2.15. The first-order chi connectivity index (χ1) is 17.1. The lowest BCUT2D eigenvalue weighted by atomic mass is 9.94. The summed E-state index contributed by atoms with van der Waals surface area (Å²) >= 11 is 3.78. The van der Waals surface area contributed by atoms with Crippen molar-refractivity contribution in [3.05, 3.63) is 47.7 Å². The fourth-order valence-electron chi connectivity index (χ4n) is 4.07. The summed E-state index contributed by atoms with van der Waals surface area (Å²) in [4.78, 5) is 6.02. The summed E-state index contributed by atoms with van der Waals surface area (Å²) in [7, 11) is 2.01. The molecule has 186 valence electrons. The average Bonchev–Trinajstić information content (AvgIpc) is 3.18. The summed E-state index contributed by atoms with van der Waals surface area (Å²) in [5, 5.41) is 13.2. The number of hydrogen-bond donors (Lipinski definition) is 2. The smallest absolute Gasteiger partial charge is 0.127 e. The van der Waals surface area contributed by atoms with E-state index in [2.05, 4.69) is 49.5 Å². The van der Waals surface area contributed by atoms with Crippen LogP contribution in [0.3, 0.4) is 0 Å². The number of unbranched alkanes of at least 4 members (excludes halogenated alkanes) is 1. The first-order valence-electron chi connectivity index (χ1n) is 12.8. The zero-order valence-electron chi connectivity index (χ0n) is 21.3. The van der Waals surface area contributed by atoms with E-state index in [9.17, 15) is 0 Å². The lowest BCUT2D eigenvalue weighted by Gasteiger charge is -2.26. The molecule has 1 aromatic carbocycles. The number of allylic oxidation sites excluding steroid dienone is 2. The van der Waals surface area contributed by atoms with Crippen LogP contribution in [0.25, 0.3) is 26.9 Å². The Bertz CT molecular complexity index is 1170. The monoisotopic (exact) mass is 507 g/mol. The molecule has 1 saturated heterocycles. The third kappa shape index (κ3) is 5.65. The topological polar surface area (TPSA) is 58.0 Å². The molecule has 5 rings (SSSR count). The summed E-state index contributed by atoms with van der Waals surface area (Å²) in [5.41, 5.74) is 6.61. The number of thiophene rings is 1. The number of hydrogen-bond acceptors (Lipinski definition) is 6. The lowest BCUT2D eigenvalue weighted by molar-refractivity contribution is 0.00843. The van der Waals surface area contributed by atoms with Gasteiger partial charge in [-0.2, -0.15) is 0 Å². The molecule has 6 heteroatoms. The van der Waals surface area contributed by atoms with E-state index < -0.39 is 0 Å². The maximum absolute atomic E-state index is 7.83. The minimum absolute atomic E-state index is 0.522. The van der Waals surface area contributed by atoms with Crippen LogP contribution >= 0.6 is 23.1 Å². The van der Waals surface area contributed by atoms with Crippen LogP contribution in [-0.4, -0.2) is 36.7 Å². The second-order valence-electron chi connectivity index (χ2n) is 9.17. The summed E-state index contributed by atoms with van der Waals surface area (Å²) < 4.78 is 6.69. The molecule has 4 nitrogen and oxygen atoms in total. The number of nitrogens with one attached hydrogen (secondary N) is 2. The van der Waals surface area contributed by atoms with Crippen LogP contribution in [0.5, 0.6) is 0 Å². The molecule has 1 saturated carbocycles. The van der Waals surface area contributed by atoms with Crippen molar-refractivity contribution in [2.75, 3.05) is 25.6 Å². The third-order valence-electron chi connectivity index (χ3n) is 6.80. The van der Waals surface area contributed by atoms with Crippen LogP contribution in [0.1, 0.15) is 70.1 Å². The molecule has 2 fully saturated rings. The molecule has 0 spiro atoms. The van der Waals surface area contributed by atoms with Gasteiger partial charge in [0.25, 0.3) is 0 Å². The van der Waals surface area contributed by atoms with Crippen molar-refractivity contribution in [1.82, 2.24) is 4.98 Å². The number of ether oxygens (including phenoxy) is 1. The molecule has 2 aliphatic rings. The second-order valence-corrected chi connectivity index (χ2v) is 11.7. The molecule has 0 unspecified atom stereocenters. The number of fused-ring (bicyclic) bond motifs is 1. The Balaban J connectivity index is 0.000000672. The molecule has 0 atom stereocenters. The molecular weight excluding hydrogens is 470 g/mol. The van der Waals surface area contributed by atoms with E-state index >= 15 is 0 Å². The predicted molar refractivity (Wildman–Crippen MR) is 155 cm³/mol. The van der Waals surface area contributed by atoms with Crippen molar-refractivity contribution in [1.29, 1.82) is 5.41 Å². The van der Waals surface area contributed by atoms with Crippen LogP contribution in [0.2, 0.25) is 0 Å². The van der Waals surface area contributed by atoms with E-state index in [4.69, 9.17) is 15.1 Å². The molecular formula is C29H37N3OS2. The molecule has 0 radical (unpaired) electrons. The Morgan fingerprint density at radius 2 is 1.91 bits per heavy atom. The Labute approximate surface area is 218 Å². The van der Waals surface area contributed by atoms with Gasteiger partial charge >= 0.3 is 0 Å². The standard InChI is InChI=1S/C25H27N3OS2.C4H10/c1-3-15(12-26)21-11-20(17-9-7-16(8-10-17)18-13-29-14-18)22-23(27-2)25(31-24(22)28-21)30-19-5-4-6-19;1-3-4-2/h3,7-12,18-19,26-27H,4-6,13-14H2,1-2H3;3-4H2,1-2H3/b15-3+,26-12?;. The minimum atomic E-state index is 0.522. The number of rotatable bonds is 8. The van der Waals surface area contributed by atoms with Crippen LogP contribution in [0, 0.1) is 5.41 Å². The van der Waals surface area contributed by atoms with Gasteiger partial charge in [0.15, 0.2) is 0 Å². The van der Waals surface area contributed by atoms with E-state index in [0.29, 0.717) is 5.92 Å². The molecule has 3 heterocycles. The Morgan fingerprint density at radius 3 is 2.40 bits per heavy atom. The SMILES string of the molecule is C/C=C(\C=N)c1cc(-c2ccc(C3COC3)cc2)c2c(NC)c(SC3CCC3)sc2n1.CCCC.